The minimum absolute atomic E-state index is 0.128. The summed E-state index contributed by atoms with van der Waals surface area (Å²) in [6, 6.07) is 4.56. The van der Waals surface area contributed by atoms with Crippen LogP contribution >= 0.6 is 11.3 Å². The number of ketones is 1. The summed E-state index contributed by atoms with van der Waals surface area (Å²) in [7, 11) is 3.53. The van der Waals surface area contributed by atoms with Crippen LogP contribution < -0.4 is 0 Å². The van der Waals surface area contributed by atoms with Gasteiger partial charge in [-0.25, -0.2) is 0 Å². The van der Waals surface area contributed by atoms with Crippen LogP contribution in [0.3, 0.4) is 0 Å². The number of nitrogens with zero attached hydrogens (tertiary/aromatic N) is 1. The summed E-state index contributed by atoms with van der Waals surface area (Å²) in [6.45, 7) is 2.80. The number of carbonyl (C=O) groups is 1. The number of likely N-dealkylation sites (N-methyl/N-ethyl adjacent to an activating group) is 1. The van der Waals surface area contributed by atoms with Crippen molar-refractivity contribution in [2.24, 2.45) is 0 Å². The van der Waals surface area contributed by atoms with Crippen molar-refractivity contribution in [1.82, 2.24) is 4.90 Å². The van der Waals surface area contributed by atoms with Crippen LogP contribution in [0.1, 0.15) is 11.8 Å². The molecule has 1 heterocycles. The van der Waals surface area contributed by atoms with Crippen molar-refractivity contribution in [1.29, 1.82) is 0 Å². The molecule has 0 amide bonds. The van der Waals surface area contributed by atoms with Crippen LogP contribution in [0.15, 0.2) is 17.5 Å². The first kappa shape index (κ1) is 13.4. The molecule has 0 bridgehead atoms. The van der Waals surface area contributed by atoms with Gasteiger partial charge >= 0.3 is 0 Å². The van der Waals surface area contributed by atoms with Gasteiger partial charge in [0.05, 0.1) is 6.54 Å². The van der Waals surface area contributed by atoms with Gasteiger partial charge in [-0.15, -0.1) is 11.3 Å². The van der Waals surface area contributed by atoms with Gasteiger partial charge in [0, 0.05) is 18.0 Å². The summed E-state index contributed by atoms with van der Waals surface area (Å²) >= 11 is 1.76. The van der Waals surface area contributed by atoms with Crippen LogP contribution in [0.5, 0.6) is 0 Å². The van der Waals surface area contributed by atoms with Crippen molar-refractivity contribution in [2.45, 2.75) is 19.4 Å². The van der Waals surface area contributed by atoms with Crippen molar-refractivity contribution in [3.05, 3.63) is 22.4 Å². The second-order valence-corrected chi connectivity index (χ2v) is 5.05. The Balaban J connectivity index is 2.35. The van der Waals surface area contributed by atoms with E-state index in [0.29, 0.717) is 12.6 Å². The smallest absolute Gasteiger partial charge is 0.172 e. The summed E-state index contributed by atoms with van der Waals surface area (Å²) < 4.78 is 4.82. The van der Waals surface area contributed by atoms with Gasteiger partial charge in [0.25, 0.3) is 0 Å². The van der Waals surface area contributed by atoms with Crippen LogP contribution in [0, 0.1) is 0 Å². The third kappa shape index (κ3) is 4.43. The maximum Gasteiger partial charge on any atom is 0.172 e. The molecule has 0 aliphatic carbocycles. The van der Waals surface area contributed by atoms with Crippen LogP contribution in [0.2, 0.25) is 0 Å². The largest absolute Gasteiger partial charge is 0.377 e. The average Bonchev–Trinajstić information content (AvgIpc) is 2.70. The van der Waals surface area contributed by atoms with Crippen molar-refractivity contribution < 1.29 is 9.53 Å². The summed E-state index contributed by atoms with van der Waals surface area (Å²) in [5.41, 5.74) is 0. The standard InChI is InChI=1S/C12H19NO2S/c1-10(7-12-5-4-6-16-12)13(2)8-11(14)9-15-3/h4-6,10H,7-9H2,1-3H3. The maximum absolute atomic E-state index is 11.4. The zero-order valence-corrected chi connectivity index (χ0v) is 10.9. The Hall–Kier alpha value is -0.710. The Bertz CT molecular complexity index is 311. The normalized spacial score (nSPS) is 13.0. The van der Waals surface area contributed by atoms with Gasteiger partial charge in [0.15, 0.2) is 5.78 Å². The van der Waals surface area contributed by atoms with Gasteiger partial charge < -0.3 is 4.74 Å². The molecule has 0 fully saturated rings. The number of hydrogen-bond acceptors (Lipinski definition) is 4. The van der Waals surface area contributed by atoms with Crippen molar-refractivity contribution >= 4 is 17.1 Å². The fourth-order valence-corrected chi connectivity index (χ4v) is 2.34. The van der Waals surface area contributed by atoms with E-state index < -0.39 is 0 Å². The lowest BCUT2D eigenvalue weighted by atomic mass is 10.2. The fourth-order valence-electron chi connectivity index (χ4n) is 1.52. The highest BCUT2D eigenvalue weighted by Gasteiger charge is 2.13. The van der Waals surface area contributed by atoms with Crippen molar-refractivity contribution in [2.75, 3.05) is 27.3 Å². The van der Waals surface area contributed by atoms with Crippen LogP contribution in [-0.4, -0.2) is 44.0 Å². The van der Waals surface area contributed by atoms with Gasteiger partial charge in [0.2, 0.25) is 0 Å². The lowest BCUT2D eigenvalue weighted by molar-refractivity contribution is -0.123. The summed E-state index contributed by atoms with van der Waals surface area (Å²) in [5, 5.41) is 2.08. The molecule has 1 unspecified atom stereocenters. The van der Waals surface area contributed by atoms with Crippen LogP contribution in [0.4, 0.5) is 0 Å². The number of ether oxygens (including phenoxy) is 1. The molecule has 90 valence electrons. The lowest BCUT2D eigenvalue weighted by Gasteiger charge is -2.23. The van der Waals surface area contributed by atoms with E-state index >= 15 is 0 Å². The van der Waals surface area contributed by atoms with Crippen LogP contribution in [-0.2, 0) is 16.0 Å². The SMILES string of the molecule is COCC(=O)CN(C)C(C)Cc1cccs1. The topological polar surface area (TPSA) is 29.5 Å². The Morgan fingerprint density at radius 3 is 2.94 bits per heavy atom. The van der Waals surface area contributed by atoms with Crippen molar-refractivity contribution in [3.8, 4) is 0 Å². The summed E-state index contributed by atoms with van der Waals surface area (Å²) in [5.74, 6) is 0.128. The molecular formula is C12H19NO2S. The molecule has 0 spiro atoms. The molecule has 4 heteroatoms. The first-order valence-electron chi connectivity index (χ1n) is 5.36. The molecule has 0 saturated carbocycles. The highest BCUT2D eigenvalue weighted by atomic mass is 32.1. The van der Waals surface area contributed by atoms with Gasteiger partial charge in [-0.05, 0) is 31.8 Å². The fraction of sp³-hybridized carbons (Fsp3) is 0.583. The zero-order valence-electron chi connectivity index (χ0n) is 10.1. The molecule has 1 rings (SSSR count). The lowest BCUT2D eigenvalue weighted by Crippen LogP contribution is -2.36. The van der Waals surface area contributed by atoms with E-state index in [2.05, 4.69) is 29.3 Å². The minimum Gasteiger partial charge on any atom is -0.377 e. The van der Waals surface area contributed by atoms with E-state index in [1.54, 1.807) is 18.4 Å². The Labute approximate surface area is 101 Å². The highest BCUT2D eigenvalue weighted by molar-refractivity contribution is 7.09. The van der Waals surface area contributed by atoms with Gasteiger partial charge in [-0.3, -0.25) is 9.69 Å². The Morgan fingerprint density at radius 1 is 1.62 bits per heavy atom. The third-order valence-corrected chi connectivity index (χ3v) is 3.46. The Morgan fingerprint density at radius 2 is 2.38 bits per heavy atom. The van der Waals surface area contributed by atoms with E-state index in [-0.39, 0.29) is 12.4 Å². The van der Waals surface area contributed by atoms with E-state index in [1.165, 1.54) is 4.88 Å². The van der Waals surface area contributed by atoms with Gasteiger partial charge in [0.1, 0.15) is 6.61 Å². The molecule has 0 radical (unpaired) electrons. The highest BCUT2D eigenvalue weighted by Crippen LogP contribution is 2.13. The average molecular weight is 241 g/mol. The predicted molar refractivity (Wildman–Crippen MR) is 67.0 cm³/mol. The number of rotatable bonds is 7. The first-order valence-corrected chi connectivity index (χ1v) is 6.24. The van der Waals surface area contributed by atoms with Crippen molar-refractivity contribution in [3.63, 3.8) is 0 Å². The van der Waals surface area contributed by atoms with E-state index in [0.717, 1.165) is 6.42 Å². The second kappa shape index (κ2) is 6.78. The number of thiophene rings is 1. The summed E-state index contributed by atoms with van der Waals surface area (Å²) in [4.78, 5) is 14.8. The molecule has 1 atom stereocenters. The molecule has 0 aliphatic rings. The quantitative estimate of drug-likeness (QED) is 0.729. The monoisotopic (exact) mass is 241 g/mol. The van der Waals surface area contributed by atoms with Gasteiger partial charge in [-0.2, -0.15) is 0 Å². The van der Waals surface area contributed by atoms with E-state index in [4.69, 9.17) is 4.74 Å². The molecule has 16 heavy (non-hydrogen) atoms. The second-order valence-electron chi connectivity index (χ2n) is 4.02. The first-order chi connectivity index (χ1) is 7.63. The number of carbonyl (C=O) groups excluding carboxylic acids is 1. The number of Topliss-reactive ketones (excluding diaryl/α,β-unsaturated/α-hetero) is 1. The molecule has 0 saturated heterocycles. The summed E-state index contributed by atoms with van der Waals surface area (Å²) in [6.07, 6.45) is 0.994. The molecule has 0 N–H and O–H groups in total. The number of hydrogen-bond donors (Lipinski definition) is 0. The predicted octanol–water partition coefficient (Wildman–Crippen LogP) is 1.83. The molecule has 1 aromatic rings. The molecule has 0 aliphatic heterocycles. The van der Waals surface area contributed by atoms with Gasteiger partial charge in [-0.1, -0.05) is 6.07 Å². The molecule has 1 aromatic heterocycles. The maximum atomic E-state index is 11.4. The zero-order chi connectivity index (χ0) is 12.0. The molecule has 3 nitrogen and oxygen atoms in total. The van der Waals surface area contributed by atoms with Crippen LogP contribution in [0.25, 0.3) is 0 Å². The number of methoxy groups -OCH3 is 1. The Kier molecular flexibility index (Phi) is 5.66. The van der Waals surface area contributed by atoms with E-state index in [9.17, 15) is 4.79 Å². The molecular weight excluding hydrogens is 222 g/mol. The van der Waals surface area contributed by atoms with E-state index in [1.807, 2.05) is 7.05 Å². The molecule has 0 aromatic carbocycles. The third-order valence-electron chi connectivity index (χ3n) is 2.56. The minimum atomic E-state index is 0.128.